The Kier molecular flexibility index (Phi) is 7.59. The quantitative estimate of drug-likeness (QED) is 0.477. The lowest BCUT2D eigenvalue weighted by Gasteiger charge is -2.36. The lowest BCUT2D eigenvalue weighted by Crippen LogP contribution is -2.49. The Hall–Kier alpha value is -3.17. The van der Waals surface area contributed by atoms with Crippen molar-refractivity contribution >= 4 is 32.5 Å². The van der Waals surface area contributed by atoms with Crippen molar-refractivity contribution in [1.82, 2.24) is 13.8 Å². The monoisotopic (exact) mass is 536 g/mol. The van der Waals surface area contributed by atoms with Crippen LogP contribution in [0.2, 0.25) is 0 Å². The van der Waals surface area contributed by atoms with Crippen LogP contribution in [0.25, 0.3) is 10.9 Å². The van der Waals surface area contributed by atoms with E-state index in [0.29, 0.717) is 38.2 Å². The van der Waals surface area contributed by atoms with Crippen molar-refractivity contribution in [2.75, 3.05) is 38.1 Å². The molecule has 38 heavy (non-hydrogen) atoms. The normalized spacial score (nSPS) is 17.3. The summed E-state index contributed by atoms with van der Waals surface area (Å²) in [4.78, 5) is 31.2. The van der Waals surface area contributed by atoms with Crippen LogP contribution >= 0.6 is 0 Å². The number of aromatic nitrogens is 1. The summed E-state index contributed by atoms with van der Waals surface area (Å²) < 4.78 is 30.3. The third kappa shape index (κ3) is 4.97. The highest BCUT2D eigenvalue weighted by Crippen LogP contribution is 2.28. The van der Waals surface area contributed by atoms with Gasteiger partial charge < -0.3 is 14.4 Å². The summed E-state index contributed by atoms with van der Waals surface area (Å²) in [5.41, 5.74) is 1.41. The molecular weight excluding hydrogens is 500 g/mol. The molecular formula is C29H36N4O4S. The molecule has 0 radical (unpaired) electrons. The number of amides is 1. The minimum absolute atomic E-state index is 0.0285. The molecule has 5 rings (SSSR count). The average molecular weight is 537 g/mol. The Labute approximate surface area is 224 Å². The highest BCUT2D eigenvalue weighted by atomic mass is 32.2. The second kappa shape index (κ2) is 10.9. The molecule has 0 bridgehead atoms. The first-order valence-electron chi connectivity index (χ1n) is 13.6. The van der Waals surface area contributed by atoms with E-state index < -0.39 is 15.5 Å². The SMILES string of the molecule is CCn1cc(C(=O)N2CCN(c3ccccc3)CC2)c(=O)c2cc(S(=O)(=O)N(C)C3CCCCC3)ccc21. The molecule has 2 aromatic carbocycles. The molecule has 2 aliphatic rings. The molecule has 0 N–H and O–H groups in total. The number of nitrogens with zero attached hydrogens (tertiary/aromatic N) is 4. The highest BCUT2D eigenvalue weighted by Gasteiger charge is 2.30. The number of hydrogen-bond acceptors (Lipinski definition) is 5. The van der Waals surface area contributed by atoms with E-state index in [1.807, 2.05) is 29.7 Å². The molecule has 1 saturated heterocycles. The summed E-state index contributed by atoms with van der Waals surface area (Å²) in [6.07, 6.45) is 6.50. The van der Waals surface area contributed by atoms with E-state index in [0.717, 1.165) is 37.8 Å². The maximum atomic E-state index is 13.6. The number of aryl methyl sites for hydroxylation is 1. The fourth-order valence-electron chi connectivity index (χ4n) is 5.74. The number of benzene rings is 2. The summed E-state index contributed by atoms with van der Waals surface area (Å²) in [6, 6.07) is 14.8. The molecule has 8 nitrogen and oxygen atoms in total. The number of piperazine rings is 1. The first kappa shape index (κ1) is 26.4. The zero-order chi connectivity index (χ0) is 26.9. The van der Waals surface area contributed by atoms with Gasteiger partial charge in [0.1, 0.15) is 5.56 Å². The molecule has 2 fully saturated rings. The average Bonchev–Trinajstić information content (AvgIpc) is 2.97. The van der Waals surface area contributed by atoms with E-state index in [1.54, 1.807) is 30.3 Å². The van der Waals surface area contributed by atoms with Crippen LogP contribution < -0.4 is 10.3 Å². The van der Waals surface area contributed by atoms with Crippen molar-refractivity contribution < 1.29 is 13.2 Å². The molecule has 1 amide bonds. The molecule has 0 spiro atoms. The molecule has 9 heteroatoms. The minimum atomic E-state index is -3.77. The van der Waals surface area contributed by atoms with Crippen LogP contribution in [0, 0.1) is 0 Å². The topological polar surface area (TPSA) is 82.9 Å². The fraction of sp³-hybridized carbons (Fsp3) is 0.448. The fourth-order valence-corrected chi connectivity index (χ4v) is 7.18. The van der Waals surface area contributed by atoms with Crippen LogP contribution in [0.4, 0.5) is 5.69 Å². The first-order chi connectivity index (χ1) is 18.3. The van der Waals surface area contributed by atoms with Crippen molar-refractivity contribution in [1.29, 1.82) is 0 Å². The van der Waals surface area contributed by atoms with Crippen molar-refractivity contribution in [3.63, 3.8) is 0 Å². The number of fused-ring (bicyclic) bond motifs is 1. The zero-order valence-electron chi connectivity index (χ0n) is 22.2. The van der Waals surface area contributed by atoms with Gasteiger partial charge in [0.15, 0.2) is 0 Å². The Morgan fingerprint density at radius 1 is 0.974 bits per heavy atom. The van der Waals surface area contributed by atoms with Gasteiger partial charge >= 0.3 is 0 Å². The van der Waals surface area contributed by atoms with Gasteiger partial charge in [-0.3, -0.25) is 9.59 Å². The first-order valence-corrected chi connectivity index (χ1v) is 15.0. The third-order valence-electron chi connectivity index (χ3n) is 8.08. The van der Waals surface area contributed by atoms with Gasteiger partial charge in [-0.05, 0) is 50.1 Å². The second-order valence-corrected chi connectivity index (χ2v) is 12.3. The van der Waals surface area contributed by atoms with Gasteiger partial charge in [-0.1, -0.05) is 37.5 Å². The summed E-state index contributed by atoms with van der Waals surface area (Å²) in [5.74, 6) is -0.306. The van der Waals surface area contributed by atoms with Crippen molar-refractivity contribution in [3.8, 4) is 0 Å². The summed E-state index contributed by atoms with van der Waals surface area (Å²) in [5, 5.41) is 0.263. The molecule has 1 aliphatic carbocycles. The Balaban J connectivity index is 1.45. The third-order valence-corrected chi connectivity index (χ3v) is 9.98. The van der Waals surface area contributed by atoms with E-state index in [9.17, 15) is 18.0 Å². The van der Waals surface area contributed by atoms with E-state index in [1.165, 1.54) is 10.4 Å². The molecule has 1 aromatic heterocycles. The predicted molar refractivity (Wildman–Crippen MR) is 150 cm³/mol. The molecule has 2 heterocycles. The van der Waals surface area contributed by atoms with E-state index in [4.69, 9.17) is 0 Å². The van der Waals surface area contributed by atoms with Crippen LogP contribution in [0.15, 0.2) is 64.4 Å². The van der Waals surface area contributed by atoms with E-state index in [2.05, 4.69) is 17.0 Å². The Morgan fingerprint density at radius 2 is 1.66 bits per heavy atom. The van der Waals surface area contributed by atoms with Gasteiger partial charge in [-0.15, -0.1) is 0 Å². The van der Waals surface area contributed by atoms with Crippen molar-refractivity contribution in [2.45, 2.75) is 56.5 Å². The van der Waals surface area contributed by atoms with Crippen LogP contribution in [-0.2, 0) is 16.6 Å². The maximum absolute atomic E-state index is 13.6. The largest absolute Gasteiger partial charge is 0.368 e. The molecule has 1 saturated carbocycles. The number of pyridine rings is 1. The van der Waals surface area contributed by atoms with Gasteiger partial charge in [-0.25, -0.2) is 8.42 Å². The van der Waals surface area contributed by atoms with Crippen LogP contribution in [0.3, 0.4) is 0 Å². The lowest BCUT2D eigenvalue weighted by molar-refractivity contribution is 0.0745. The number of hydrogen-bond donors (Lipinski definition) is 0. The van der Waals surface area contributed by atoms with Crippen LogP contribution in [0.5, 0.6) is 0 Å². The molecule has 202 valence electrons. The van der Waals surface area contributed by atoms with E-state index >= 15 is 0 Å². The number of carbonyl (C=O) groups is 1. The summed E-state index contributed by atoms with van der Waals surface area (Å²) in [7, 11) is -2.13. The van der Waals surface area contributed by atoms with Gasteiger partial charge in [0.05, 0.1) is 10.4 Å². The zero-order valence-corrected chi connectivity index (χ0v) is 23.0. The van der Waals surface area contributed by atoms with Gasteiger partial charge in [0, 0.05) is 63.1 Å². The number of anilines is 1. The number of carbonyl (C=O) groups excluding carboxylic acids is 1. The lowest BCUT2D eigenvalue weighted by atomic mass is 9.96. The van der Waals surface area contributed by atoms with Gasteiger partial charge in [-0.2, -0.15) is 4.31 Å². The van der Waals surface area contributed by atoms with Crippen molar-refractivity contribution in [2.24, 2.45) is 0 Å². The predicted octanol–water partition coefficient (Wildman–Crippen LogP) is 3.94. The summed E-state index contributed by atoms with van der Waals surface area (Å²) in [6.45, 7) is 4.88. The Morgan fingerprint density at radius 3 is 2.32 bits per heavy atom. The van der Waals surface area contributed by atoms with E-state index in [-0.39, 0.29) is 27.8 Å². The highest BCUT2D eigenvalue weighted by molar-refractivity contribution is 7.89. The summed E-state index contributed by atoms with van der Waals surface area (Å²) >= 11 is 0. The molecule has 0 unspecified atom stereocenters. The number of sulfonamides is 1. The van der Waals surface area contributed by atoms with Gasteiger partial charge in [0.25, 0.3) is 5.91 Å². The smallest absolute Gasteiger partial charge is 0.259 e. The standard InChI is InChI=1S/C29H36N4O4S/c1-3-31-21-26(29(35)33-18-16-32(17-19-33)23-12-8-5-9-13-23)28(34)25-20-24(14-15-27(25)31)38(36,37)30(2)22-10-6-4-7-11-22/h5,8-9,12-15,20-22H,3-4,6-7,10-11,16-19H2,1-2H3. The van der Waals surface area contributed by atoms with Crippen LogP contribution in [-0.4, -0.2) is 67.4 Å². The van der Waals surface area contributed by atoms with Crippen LogP contribution in [0.1, 0.15) is 49.4 Å². The number of rotatable bonds is 6. The van der Waals surface area contributed by atoms with Gasteiger partial charge in [0.2, 0.25) is 15.5 Å². The minimum Gasteiger partial charge on any atom is -0.368 e. The molecule has 3 aromatic rings. The number of para-hydroxylation sites is 1. The molecule has 0 atom stereocenters. The Bertz CT molecular complexity index is 1470. The second-order valence-electron chi connectivity index (χ2n) is 10.3. The van der Waals surface area contributed by atoms with Crippen molar-refractivity contribution in [3.05, 3.63) is 70.5 Å². The maximum Gasteiger partial charge on any atom is 0.259 e. The molecule has 1 aliphatic heterocycles.